The van der Waals surface area contributed by atoms with E-state index in [1.165, 1.54) is 0 Å². The molecule has 26 heavy (non-hydrogen) atoms. The van der Waals surface area contributed by atoms with Crippen LogP contribution < -0.4 is 10.6 Å². The van der Waals surface area contributed by atoms with Gasteiger partial charge in [0.15, 0.2) is 0 Å². The first kappa shape index (κ1) is 18.4. The van der Waals surface area contributed by atoms with Crippen molar-refractivity contribution in [1.82, 2.24) is 15.1 Å². The van der Waals surface area contributed by atoms with Crippen molar-refractivity contribution in [3.05, 3.63) is 47.8 Å². The zero-order chi connectivity index (χ0) is 18.2. The molecule has 2 heterocycles. The number of nitrogens with zero attached hydrogens (tertiary/aromatic N) is 2. The molecule has 1 aromatic heterocycles. The van der Waals surface area contributed by atoms with Crippen LogP contribution in [0.25, 0.3) is 0 Å². The first-order chi connectivity index (χ1) is 12.7. The molecule has 2 N–H and O–H groups in total. The number of anilines is 1. The van der Waals surface area contributed by atoms with Crippen molar-refractivity contribution < 1.29 is 14.3 Å². The van der Waals surface area contributed by atoms with Crippen molar-refractivity contribution in [2.45, 2.75) is 45.6 Å². The summed E-state index contributed by atoms with van der Waals surface area (Å²) in [5, 5.41) is 9.97. The van der Waals surface area contributed by atoms with Crippen molar-refractivity contribution in [2.75, 3.05) is 18.5 Å². The van der Waals surface area contributed by atoms with Gasteiger partial charge in [0, 0.05) is 26.0 Å². The quantitative estimate of drug-likeness (QED) is 0.761. The van der Waals surface area contributed by atoms with E-state index in [9.17, 15) is 4.79 Å². The fourth-order valence-electron chi connectivity index (χ4n) is 2.96. The molecule has 7 heteroatoms. The van der Waals surface area contributed by atoms with E-state index in [0.29, 0.717) is 32.0 Å². The number of carbonyl (C=O) groups excluding carboxylic acids is 1. The van der Waals surface area contributed by atoms with Crippen LogP contribution in [0.5, 0.6) is 0 Å². The van der Waals surface area contributed by atoms with Gasteiger partial charge in [0.2, 0.25) is 0 Å². The van der Waals surface area contributed by atoms with Crippen molar-refractivity contribution in [2.24, 2.45) is 0 Å². The van der Waals surface area contributed by atoms with E-state index in [-0.39, 0.29) is 12.1 Å². The predicted octanol–water partition coefficient (Wildman–Crippen LogP) is 2.92. The van der Waals surface area contributed by atoms with Crippen molar-refractivity contribution in [3.8, 4) is 0 Å². The Morgan fingerprint density at radius 1 is 1.38 bits per heavy atom. The number of rotatable bonds is 8. The molecule has 2 aromatic rings. The van der Waals surface area contributed by atoms with E-state index >= 15 is 0 Å². The second kappa shape index (κ2) is 9.35. The lowest BCUT2D eigenvalue weighted by Gasteiger charge is -2.11. The van der Waals surface area contributed by atoms with Crippen LogP contribution in [0.3, 0.4) is 0 Å². The number of nitrogens with one attached hydrogen (secondary N) is 2. The van der Waals surface area contributed by atoms with E-state index in [0.717, 1.165) is 30.6 Å². The first-order valence-electron chi connectivity index (χ1n) is 9.08. The third kappa shape index (κ3) is 5.31. The van der Waals surface area contributed by atoms with Gasteiger partial charge in [0.05, 0.1) is 31.1 Å². The van der Waals surface area contributed by atoms with E-state index in [2.05, 4.69) is 15.7 Å². The van der Waals surface area contributed by atoms with Crippen molar-refractivity contribution >= 4 is 11.7 Å². The van der Waals surface area contributed by atoms with Gasteiger partial charge in [-0.3, -0.25) is 4.68 Å². The highest BCUT2D eigenvalue weighted by Crippen LogP contribution is 2.15. The third-order valence-corrected chi connectivity index (χ3v) is 4.33. The topological polar surface area (TPSA) is 77.4 Å². The van der Waals surface area contributed by atoms with Crippen LogP contribution in [-0.2, 0) is 29.2 Å². The van der Waals surface area contributed by atoms with Gasteiger partial charge in [0.1, 0.15) is 0 Å². The summed E-state index contributed by atoms with van der Waals surface area (Å²) in [6.07, 6.45) is 5.86. The summed E-state index contributed by atoms with van der Waals surface area (Å²) in [6, 6.07) is 7.68. The molecular weight excluding hydrogens is 332 g/mol. The molecule has 7 nitrogen and oxygen atoms in total. The average molecular weight is 358 g/mol. The largest absolute Gasteiger partial charge is 0.377 e. The Kier molecular flexibility index (Phi) is 6.62. The smallest absolute Gasteiger partial charge is 0.319 e. The average Bonchev–Trinajstić information content (AvgIpc) is 3.31. The summed E-state index contributed by atoms with van der Waals surface area (Å²) in [5.74, 6) is 0. The molecule has 0 bridgehead atoms. The number of benzene rings is 1. The maximum Gasteiger partial charge on any atom is 0.319 e. The van der Waals surface area contributed by atoms with Gasteiger partial charge in [-0.05, 0) is 30.9 Å². The maximum absolute atomic E-state index is 12.1. The summed E-state index contributed by atoms with van der Waals surface area (Å²) >= 11 is 0. The van der Waals surface area contributed by atoms with Crippen LogP contribution in [-0.4, -0.2) is 35.1 Å². The molecule has 1 fully saturated rings. The van der Waals surface area contributed by atoms with Crippen LogP contribution in [0.15, 0.2) is 36.7 Å². The minimum absolute atomic E-state index is 0.221. The number of aromatic nitrogens is 2. The molecule has 1 aromatic carbocycles. The summed E-state index contributed by atoms with van der Waals surface area (Å²) < 4.78 is 12.9. The lowest BCUT2D eigenvalue weighted by molar-refractivity contribution is 0.0940. The summed E-state index contributed by atoms with van der Waals surface area (Å²) in [6.45, 7) is 5.16. The molecule has 1 aliphatic heterocycles. The van der Waals surface area contributed by atoms with E-state index in [1.54, 1.807) is 6.20 Å². The summed E-state index contributed by atoms with van der Waals surface area (Å²) in [4.78, 5) is 12.1. The first-order valence-corrected chi connectivity index (χ1v) is 9.08. The molecule has 1 atom stereocenters. The Balaban J connectivity index is 1.48. The number of urea groups is 1. The molecule has 1 aliphatic rings. The van der Waals surface area contributed by atoms with Gasteiger partial charge < -0.3 is 20.1 Å². The monoisotopic (exact) mass is 358 g/mol. The zero-order valence-corrected chi connectivity index (χ0v) is 15.1. The standard InChI is InChI=1S/C19H26N4O3/c1-2-25-14-16-7-4-3-6-15(16)10-20-19(24)22-17-11-21-23(12-17)13-18-8-5-9-26-18/h3-4,6-7,11-12,18H,2,5,8-10,13-14H2,1H3,(H2,20,22,24). The lowest BCUT2D eigenvalue weighted by atomic mass is 10.1. The highest BCUT2D eigenvalue weighted by atomic mass is 16.5. The van der Waals surface area contributed by atoms with Crippen LogP contribution in [0.2, 0.25) is 0 Å². The van der Waals surface area contributed by atoms with Gasteiger partial charge in [-0.2, -0.15) is 5.10 Å². The Labute approximate surface area is 153 Å². The molecule has 140 valence electrons. The third-order valence-electron chi connectivity index (χ3n) is 4.33. The maximum atomic E-state index is 12.1. The Bertz CT molecular complexity index is 710. The number of carbonyl (C=O) groups is 1. The minimum atomic E-state index is -0.257. The van der Waals surface area contributed by atoms with Crippen LogP contribution in [0.1, 0.15) is 30.9 Å². The van der Waals surface area contributed by atoms with Crippen LogP contribution in [0, 0.1) is 0 Å². The molecule has 0 radical (unpaired) electrons. The molecule has 3 rings (SSSR count). The number of amides is 2. The highest BCUT2D eigenvalue weighted by Gasteiger charge is 2.16. The number of ether oxygens (including phenoxy) is 2. The fourth-order valence-corrected chi connectivity index (χ4v) is 2.96. The van der Waals surface area contributed by atoms with E-state index in [1.807, 2.05) is 42.1 Å². The Hall–Kier alpha value is -2.38. The molecule has 1 unspecified atom stereocenters. The number of hydrogen-bond acceptors (Lipinski definition) is 4. The van der Waals surface area contributed by atoms with E-state index < -0.39 is 0 Å². The number of hydrogen-bond donors (Lipinski definition) is 2. The molecule has 0 aliphatic carbocycles. The second-order valence-electron chi connectivity index (χ2n) is 6.30. The van der Waals surface area contributed by atoms with Crippen molar-refractivity contribution in [3.63, 3.8) is 0 Å². The van der Waals surface area contributed by atoms with Crippen molar-refractivity contribution in [1.29, 1.82) is 0 Å². The molecule has 1 saturated heterocycles. The van der Waals surface area contributed by atoms with Gasteiger partial charge in [0.25, 0.3) is 0 Å². The van der Waals surface area contributed by atoms with Gasteiger partial charge in [-0.15, -0.1) is 0 Å². The zero-order valence-electron chi connectivity index (χ0n) is 15.1. The molecule has 2 amide bonds. The van der Waals surface area contributed by atoms with Gasteiger partial charge in [-0.1, -0.05) is 24.3 Å². The van der Waals surface area contributed by atoms with E-state index in [4.69, 9.17) is 9.47 Å². The minimum Gasteiger partial charge on any atom is -0.377 e. The van der Waals surface area contributed by atoms with Gasteiger partial charge >= 0.3 is 6.03 Å². The summed E-state index contributed by atoms with van der Waals surface area (Å²) in [7, 11) is 0. The highest BCUT2D eigenvalue weighted by molar-refractivity contribution is 5.88. The Morgan fingerprint density at radius 2 is 2.23 bits per heavy atom. The van der Waals surface area contributed by atoms with Gasteiger partial charge in [-0.25, -0.2) is 4.79 Å². The van der Waals surface area contributed by atoms with Crippen LogP contribution >= 0.6 is 0 Å². The molecule has 0 saturated carbocycles. The Morgan fingerprint density at radius 3 is 3.00 bits per heavy atom. The summed E-state index contributed by atoms with van der Waals surface area (Å²) in [5.41, 5.74) is 2.80. The van der Waals surface area contributed by atoms with Crippen LogP contribution in [0.4, 0.5) is 10.5 Å². The molecule has 0 spiro atoms. The fraction of sp³-hybridized carbons (Fsp3) is 0.474. The normalized spacial score (nSPS) is 16.6. The predicted molar refractivity (Wildman–Crippen MR) is 98.8 cm³/mol. The second-order valence-corrected chi connectivity index (χ2v) is 6.30. The molecular formula is C19H26N4O3. The lowest BCUT2D eigenvalue weighted by Crippen LogP contribution is -2.28. The SMILES string of the molecule is CCOCc1ccccc1CNC(=O)Nc1cnn(CC2CCCO2)c1.